The van der Waals surface area contributed by atoms with Crippen LogP contribution in [0.1, 0.15) is 18.0 Å². The van der Waals surface area contributed by atoms with Crippen molar-refractivity contribution in [3.63, 3.8) is 0 Å². The average Bonchev–Trinajstić information content (AvgIpc) is 2.40. The van der Waals surface area contributed by atoms with Gasteiger partial charge in [-0.15, -0.1) is 0 Å². The number of nitrogens with zero attached hydrogens (tertiary/aromatic N) is 1. The van der Waals surface area contributed by atoms with Crippen LogP contribution in [0.15, 0.2) is 48.3 Å². The summed E-state index contributed by atoms with van der Waals surface area (Å²) in [5, 5.41) is 0.724. The molecular formula is C17H22ClNOSi. The molecule has 112 valence electrons. The topological polar surface area (TPSA) is 20.3 Å². The fraction of sp³-hybridized carbons (Fsp3) is 0.353. The number of allylic oxidation sites excluding steroid dienone is 1. The normalized spacial score (nSPS) is 19.5. The third-order valence-electron chi connectivity index (χ3n) is 3.44. The van der Waals surface area contributed by atoms with Gasteiger partial charge in [0.1, 0.15) is 0 Å². The van der Waals surface area contributed by atoms with Crippen molar-refractivity contribution >= 4 is 25.5 Å². The van der Waals surface area contributed by atoms with E-state index in [1.807, 2.05) is 30.5 Å². The van der Waals surface area contributed by atoms with Crippen LogP contribution in [0.3, 0.4) is 0 Å². The van der Waals surface area contributed by atoms with Crippen molar-refractivity contribution < 1.29 is 4.79 Å². The van der Waals surface area contributed by atoms with E-state index >= 15 is 0 Å². The molecule has 1 heterocycles. The second-order valence-electron chi connectivity index (χ2n) is 6.52. The molecule has 1 aliphatic rings. The lowest BCUT2D eigenvalue weighted by molar-refractivity contribution is -0.116. The molecule has 0 fully saturated rings. The molecule has 0 aliphatic carbocycles. The first-order valence-electron chi connectivity index (χ1n) is 7.25. The molecule has 2 rings (SSSR count). The number of halogens is 1. The van der Waals surface area contributed by atoms with E-state index in [2.05, 4.69) is 36.3 Å². The molecule has 0 amide bonds. The molecule has 0 bridgehead atoms. The highest BCUT2D eigenvalue weighted by Gasteiger charge is 2.23. The molecule has 4 heteroatoms. The Morgan fingerprint density at radius 2 is 1.95 bits per heavy atom. The molecular weight excluding hydrogens is 298 g/mol. The van der Waals surface area contributed by atoms with E-state index in [0.29, 0.717) is 6.42 Å². The number of hydrogen-bond acceptors (Lipinski definition) is 2. The summed E-state index contributed by atoms with van der Waals surface area (Å²) in [5.74, 6) is 0.181. The van der Waals surface area contributed by atoms with Gasteiger partial charge in [-0.3, -0.25) is 4.79 Å². The van der Waals surface area contributed by atoms with Crippen molar-refractivity contribution in [2.45, 2.75) is 32.1 Å². The second-order valence-corrected chi connectivity index (χ2v) is 12.0. The van der Waals surface area contributed by atoms with Crippen molar-refractivity contribution in [1.82, 2.24) is 4.90 Å². The van der Waals surface area contributed by atoms with Gasteiger partial charge in [0.15, 0.2) is 5.78 Å². The highest BCUT2D eigenvalue weighted by Crippen LogP contribution is 2.29. The Labute approximate surface area is 133 Å². The largest absolute Gasteiger partial charge is 0.366 e. The Hall–Kier alpha value is -1.32. The molecule has 0 saturated carbocycles. The lowest BCUT2D eigenvalue weighted by Crippen LogP contribution is -2.29. The summed E-state index contributed by atoms with van der Waals surface area (Å²) in [7, 11) is -1.18. The number of rotatable bonds is 4. The van der Waals surface area contributed by atoms with Crippen LogP contribution in [-0.4, -0.2) is 25.3 Å². The minimum Gasteiger partial charge on any atom is -0.366 e. The van der Waals surface area contributed by atoms with Crippen LogP contribution in [-0.2, 0) is 4.79 Å². The van der Waals surface area contributed by atoms with Crippen molar-refractivity contribution in [2.24, 2.45) is 0 Å². The van der Waals surface area contributed by atoms with Crippen molar-refractivity contribution in [3.05, 3.63) is 58.9 Å². The maximum absolute atomic E-state index is 11.7. The van der Waals surface area contributed by atoms with Crippen LogP contribution >= 0.6 is 11.6 Å². The van der Waals surface area contributed by atoms with Crippen molar-refractivity contribution in [3.8, 4) is 0 Å². The Morgan fingerprint density at radius 1 is 1.29 bits per heavy atom. The zero-order valence-electron chi connectivity index (χ0n) is 12.8. The second kappa shape index (κ2) is 6.63. The Bertz CT molecular complexity index is 557. The Morgan fingerprint density at radius 3 is 2.57 bits per heavy atom. The number of benzene rings is 1. The predicted octanol–water partition coefficient (Wildman–Crippen LogP) is 4.60. The highest BCUT2D eigenvalue weighted by molar-refractivity contribution is 6.80. The average molecular weight is 320 g/mol. The maximum atomic E-state index is 11.7. The smallest absolute Gasteiger partial charge is 0.159 e. The monoisotopic (exact) mass is 319 g/mol. The highest BCUT2D eigenvalue weighted by atomic mass is 35.5. The third kappa shape index (κ3) is 4.86. The Kier molecular flexibility index (Phi) is 5.07. The van der Waals surface area contributed by atoms with Gasteiger partial charge in [0, 0.05) is 24.2 Å². The van der Waals surface area contributed by atoms with Crippen molar-refractivity contribution in [1.29, 1.82) is 0 Å². The zero-order valence-corrected chi connectivity index (χ0v) is 14.6. The first-order valence-corrected chi connectivity index (χ1v) is 11.2. The quantitative estimate of drug-likeness (QED) is 0.756. The first kappa shape index (κ1) is 16.1. The summed E-state index contributed by atoms with van der Waals surface area (Å²) in [5.41, 5.74) is 3.48. The Balaban J connectivity index is 2.16. The molecule has 0 spiro atoms. The van der Waals surface area contributed by atoms with E-state index in [-0.39, 0.29) is 11.8 Å². The lowest BCUT2D eigenvalue weighted by Gasteiger charge is -2.32. The summed E-state index contributed by atoms with van der Waals surface area (Å²) in [4.78, 5) is 14.0. The molecule has 0 aromatic heterocycles. The van der Waals surface area contributed by atoms with Gasteiger partial charge in [-0.1, -0.05) is 55.2 Å². The molecule has 2 nitrogen and oxygen atoms in total. The molecule has 1 aliphatic heterocycles. The van der Waals surface area contributed by atoms with E-state index < -0.39 is 8.07 Å². The van der Waals surface area contributed by atoms with E-state index in [4.69, 9.17) is 11.6 Å². The van der Waals surface area contributed by atoms with Crippen LogP contribution in [0.5, 0.6) is 0 Å². The fourth-order valence-electron chi connectivity index (χ4n) is 2.37. The van der Waals surface area contributed by atoms with Gasteiger partial charge in [-0.25, -0.2) is 0 Å². The van der Waals surface area contributed by atoms with Crippen LogP contribution < -0.4 is 0 Å². The molecule has 1 atom stereocenters. The van der Waals surface area contributed by atoms with E-state index in [0.717, 1.165) is 17.1 Å². The number of carbonyl (C=O) groups excluding carboxylic acids is 1. The molecule has 0 saturated heterocycles. The van der Waals surface area contributed by atoms with Crippen LogP contribution in [0.4, 0.5) is 0 Å². The summed E-state index contributed by atoms with van der Waals surface area (Å²) < 4.78 is 0. The van der Waals surface area contributed by atoms with E-state index in [1.54, 1.807) is 6.08 Å². The van der Waals surface area contributed by atoms with Crippen molar-refractivity contribution in [2.75, 3.05) is 6.54 Å². The first-order chi connectivity index (χ1) is 9.85. The van der Waals surface area contributed by atoms with Crippen LogP contribution in [0.25, 0.3) is 0 Å². The molecule has 1 aromatic rings. The van der Waals surface area contributed by atoms with Gasteiger partial charge in [0.25, 0.3) is 0 Å². The predicted molar refractivity (Wildman–Crippen MR) is 92.1 cm³/mol. The fourth-order valence-corrected chi connectivity index (χ4v) is 3.31. The molecule has 1 aromatic carbocycles. The van der Waals surface area contributed by atoms with E-state index in [1.165, 1.54) is 0 Å². The SMILES string of the molecule is C[Si](C)(C)/C=C/CN1C=CC(=O)CC1c1ccc(Cl)cc1. The maximum Gasteiger partial charge on any atom is 0.159 e. The van der Waals surface area contributed by atoms with Gasteiger partial charge in [-0.2, -0.15) is 0 Å². The number of carbonyl (C=O) groups is 1. The van der Waals surface area contributed by atoms with Gasteiger partial charge < -0.3 is 4.90 Å². The summed E-state index contributed by atoms with van der Waals surface area (Å²) in [6, 6.07) is 7.89. The van der Waals surface area contributed by atoms with Gasteiger partial charge in [0.2, 0.25) is 0 Å². The minimum absolute atomic E-state index is 0.103. The molecule has 21 heavy (non-hydrogen) atoms. The molecule has 1 unspecified atom stereocenters. The standard InChI is InChI=1S/C17H22ClNOSi/c1-21(2,3)12-4-10-19-11-9-16(20)13-17(19)14-5-7-15(18)8-6-14/h4-9,11-12,17H,10,13H2,1-3H3/b12-4+. The summed E-state index contributed by atoms with van der Waals surface area (Å²) in [6.07, 6.45) is 6.35. The van der Waals surface area contributed by atoms with Gasteiger partial charge in [0.05, 0.1) is 14.1 Å². The molecule has 0 N–H and O–H groups in total. The van der Waals surface area contributed by atoms with Gasteiger partial charge >= 0.3 is 0 Å². The van der Waals surface area contributed by atoms with E-state index in [9.17, 15) is 4.79 Å². The minimum atomic E-state index is -1.18. The van der Waals surface area contributed by atoms with Crippen LogP contribution in [0, 0.1) is 0 Å². The number of hydrogen-bond donors (Lipinski definition) is 0. The lowest BCUT2D eigenvalue weighted by atomic mass is 9.97. The van der Waals surface area contributed by atoms with Crippen LogP contribution in [0.2, 0.25) is 24.7 Å². The van der Waals surface area contributed by atoms with Gasteiger partial charge in [-0.05, 0) is 23.8 Å². The third-order valence-corrected chi connectivity index (χ3v) is 4.92. The molecule has 0 radical (unpaired) electrons. The summed E-state index contributed by atoms with van der Waals surface area (Å²) >= 11 is 5.95. The number of ketones is 1. The zero-order chi connectivity index (χ0) is 15.5. The summed E-state index contributed by atoms with van der Waals surface area (Å²) in [6.45, 7) is 7.78.